The molecule has 2 rings (SSSR count). The second kappa shape index (κ2) is 7.71. The van der Waals surface area contributed by atoms with E-state index < -0.39 is 0 Å². The molecule has 0 amide bonds. The third-order valence-electron chi connectivity index (χ3n) is 3.60. The summed E-state index contributed by atoms with van der Waals surface area (Å²) in [6, 6.07) is 7.43. The quantitative estimate of drug-likeness (QED) is 0.853. The van der Waals surface area contributed by atoms with Crippen molar-refractivity contribution in [2.24, 2.45) is 5.92 Å². The molecule has 0 saturated carbocycles. The maximum absolute atomic E-state index is 3.73. The highest BCUT2D eigenvalue weighted by atomic mass is 79.9. The first-order valence-electron chi connectivity index (χ1n) is 7.41. The minimum absolute atomic E-state index is 0.630. The Kier molecular flexibility index (Phi) is 6.24. The lowest BCUT2D eigenvalue weighted by molar-refractivity contribution is 0.552. The molecule has 1 atom stereocenters. The third-order valence-corrected chi connectivity index (χ3v) is 5.53. The second-order valence-electron chi connectivity index (χ2n) is 5.92. The molecule has 1 aliphatic rings. The number of benzene rings is 1. The minimum Gasteiger partial charge on any atom is -0.367 e. The summed E-state index contributed by atoms with van der Waals surface area (Å²) in [4.78, 5) is 2.52. The monoisotopic (exact) mass is 356 g/mol. The summed E-state index contributed by atoms with van der Waals surface area (Å²) in [7, 11) is 0. The van der Waals surface area contributed by atoms with E-state index in [1.807, 2.05) is 0 Å². The van der Waals surface area contributed by atoms with Crippen molar-refractivity contribution in [2.75, 3.05) is 29.5 Å². The van der Waals surface area contributed by atoms with Crippen molar-refractivity contribution in [3.05, 3.63) is 28.2 Å². The highest BCUT2D eigenvalue weighted by Crippen LogP contribution is 2.28. The van der Waals surface area contributed by atoms with E-state index in [2.05, 4.69) is 76.9 Å². The Morgan fingerprint density at radius 1 is 1.45 bits per heavy atom. The molecule has 0 spiro atoms. The lowest BCUT2D eigenvalue weighted by Gasteiger charge is -2.35. The number of nitrogens with zero attached hydrogens (tertiary/aromatic N) is 1. The van der Waals surface area contributed by atoms with E-state index in [0.29, 0.717) is 12.0 Å². The number of nitrogens with one attached hydrogen (secondary N) is 1. The SMILES string of the molecule is CC(C)CNCc1ccc(N2CCSCC2C)cc1Br. The molecule has 1 unspecified atom stereocenters. The highest BCUT2D eigenvalue weighted by Gasteiger charge is 2.19. The van der Waals surface area contributed by atoms with Gasteiger partial charge in [0, 0.05) is 40.8 Å². The van der Waals surface area contributed by atoms with E-state index in [0.717, 1.165) is 19.6 Å². The van der Waals surface area contributed by atoms with Crippen LogP contribution in [0.5, 0.6) is 0 Å². The molecule has 1 saturated heterocycles. The molecule has 0 aromatic heterocycles. The van der Waals surface area contributed by atoms with Crippen LogP contribution in [0.4, 0.5) is 5.69 Å². The minimum atomic E-state index is 0.630. The van der Waals surface area contributed by atoms with Crippen molar-refractivity contribution in [3.8, 4) is 0 Å². The van der Waals surface area contributed by atoms with Crippen molar-refractivity contribution in [1.29, 1.82) is 0 Å². The predicted molar refractivity (Wildman–Crippen MR) is 94.8 cm³/mol. The number of rotatable bonds is 5. The number of thioether (sulfide) groups is 1. The molecule has 0 radical (unpaired) electrons. The van der Waals surface area contributed by atoms with Crippen LogP contribution >= 0.6 is 27.7 Å². The molecule has 1 aromatic carbocycles. The number of halogens is 1. The maximum Gasteiger partial charge on any atom is 0.0380 e. The third kappa shape index (κ3) is 4.40. The fraction of sp³-hybridized carbons (Fsp3) is 0.625. The highest BCUT2D eigenvalue weighted by molar-refractivity contribution is 9.10. The summed E-state index contributed by atoms with van der Waals surface area (Å²) in [6.07, 6.45) is 0. The van der Waals surface area contributed by atoms with Crippen LogP contribution in [-0.4, -0.2) is 30.6 Å². The molecule has 0 bridgehead atoms. The van der Waals surface area contributed by atoms with Gasteiger partial charge in [0.2, 0.25) is 0 Å². The maximum atomic E-state index is 3.73. The molecule has 112 valence electrons. The molecular weight excluding hydrogens is 332 g/mol. The van der Waals surface area contributed by atoms with Crippen molar-refractivity contribution in [1.82, 2.24) is 5.32 Å². The summed E-state index contributed by atoms with van der Waals surface area (Å²) in [5.74, 6) is 3.16. The standard InChI is InChI=1S/C16H25BrN2S/c1-12(2)9-18-10-14-4-5-15(8-16(14)17)19-6-7-20-11-13(19)3/h4-5,8,12-13,18H,6-7,9-11H2,1-3H3. The van der Waals surface area contributed by atoms with Gasteiger partial charge in [-0.25, -0.2) is 0 Å². The number of hydrogen-bond acceptors (Lipinski definition) is 3. The van der Waals surface area contributed by atoms with Crippen LogP contribution in [-0.2, 0) is 6.54 Å². The van der Waals surface area contributed by atoms with Crippen LogP contribution in [0, 0.1) is 5.92 Å². The van der Waals surface area contributed by atoms with Gasteiger partial charge in [-0.1, -0.05) is 35.8 Å². The smallest absolute Gasteiger partial charge is 0.0380 e. The van der Waals surface area contributed by atoms with Crippen molar-refractivity contribution >= 4 is 33.4 Å². The average molecular weight is 357 g/mol. The molecule has 1 aromatic rings. The first-order chi connectivity index (χ1) is 9.58. The van der Waals surface area contributed by atoms with Crippen LogP contribution in [0.15, 0.2) is 22.7 Å². The first-order valence-corrected chi connectivity index (χ1v) is 9.36. The summed E-state index contributed by atoms with van der Waals surface area (Å²) in [5, 5.41) is 3.50. The molecule has 1 heterocycles. The van der Waals surface area contributed by atoms with E-state index in [-0.39, 0.29) is 0 Å². The van der Waals surface area contributed by atoms with E-state index in [4.69, 9.17) is 0 Å². The molecule has 0 aliphatic carbocycles. The van der Waals surface area contributed by atoms with Crippen LogP contribution in [0.3, 0.4) is 0 Å². The van der Waals surface area contributed by atoms with Gasteiger partial charge in [-0.15, -0.1) is 0 Å². The van der Waals surface area contributed by atoms with Gasteiger partial charge in [0.25, 0.3) is 0 Å². The largest absolute Gasteiger partial charge is 0.367 e. The van der Waals surface area contributed by atoms with Crippen LogP contribution in [0.1, 0.15) is 26.3 Å². The van der Waals surface area contributed by atoms with E-state index >= 15 is 0 Å². The second-order valence-corrected chi connectivity index (χ2v) is 7.92. The molecular formula is C16H25BrN2S. The average Bonchev–Trinajstić information content (AvgIpc) is 2.41. The Morgan fingerprint density at radius 3 is 2.90 bits per heavy atom. The van der Waals surface area contributed by atoms with Gasteiger partial charge in [0.15, 0.2) is 0 Å². The lowest BCUT2D eigenvalue weighted by atomic mass is 10.1. The summed E-state index contributed by atoms with van der Waals surface area (Å²) < 4.78 is 1.22. The van der Waals surface area contributed by atoms with Gasteiger partial charge in [0.05, 0.1) is 0 Å². The summed E-state index contributed by atoms with van der Waals surface area (Å²) in [6.45, 7) is 9.95. The fourth-order valence-corrected chi connectivity index (χ4v) is 3.98. The zero-order valence-electron chi connectivity index (χ0n) is 12.7. The van der Waals surface area contributed by atoms with Crippen molar-refractivity contribution in [3.63, 3.8) is 0 Å². The molecule has 20 heavy (non-hydrogen) atoms. The van der Waals surface area contributed by atoms with Crippen LogP contribution in [0.25, 0.3) is 0 Å². The van der Waals surface area contributed by atoms with E-state index in [9.17, 15) is 0 Å². The normalized spacial score (nSPS) is 19.6. The van der Waals surface area contributed by atoms with Gasteiger partial charge in [-0.2, -0.15) is 11.8 Å². The molecule has 1 fully saturated rings. The summed E-state index contributed by atoms with van der Waals surface area (Å²) in [5.41, 5.74) is 2.69. The van der Waals surface area contributed by atoms with E-state index in [1.54, 1.807) is 0 Å². The molecule has 1 aliphatic heterocycles. The zero-order chi connectivity index (χ0) is 14.5. The van der Waals surface area contributed by atoms with E-state index in [1.165, 1.54) is 27.2 Å². The topological polar surface area (TPSA) is 15.3 Å². The first kappa shape index (κ1) is 16.2. The fourth-order valence-electron chi connectivity index (χ4n) is 2.46. The Labute approximate surface area is 135 Å². The Balaban J connectivity index is 2.01. The summed E-state index contributed by atoms with van der Waals surface area (Å²) >= 11 is 5.79. The molecule has 4 heteroatoms. The Morgan fingerprint density at radius 2 is 2.25 bits per heavy atom. The van der Waals surface area contributed by atoms with Crippen molar-refractivity contribution < 1.29 is 0 Å². The van der Waals surface area contributed by atoms with Crippen LogP contribution < -0.4 is 10.2 Å². The lowest BCUT2D eigenvalue weighted by Crippen LogP contribution is -2.40. The van der Waals surface area contributed by atoms with Gasteiger partial charge >= 0.3 is 0 Å². The van der Waals surface area contributed by atoms with Gasteiger partial charge in [-0.3, -0.25) is 0 Å². The number of hydrogen-bond donors (Lipinski definition) is 1. The van der Waals surface area contributed by atoms with Gasteiger partial charge in [-0.05, 0) is 37.1 Å². The number of anilines is 1. The van der Waals surface area contributed by atoms with Crippen LogP contribution in [0.2, 0.25) is 0 Å². The zero-order valence-corrected chi connectivity index (χ0v) is 15.1. The van der Waals surface area contributed by atoms with Crippen molar-refractivity contribution in [2.45, 2.75) is 33.4 Å². The Bertz CT molecular complexity index is 436. The Hall–Kier alpha value is -0.190. The molecule has 2 nitrogen and oxygen atoms in total. The predicted octanol–water partition coefficient (Wildman–Crippen LogP) is 4.14. The van der Waals surface area contributed by atoms with Gasteiger partial charge < -0.3 is 10.2 Å². The molecule has 1 N–H and O–H groups in total. The van der Waals surface area contributed by atoms with Gasteiger partial charge in [0.1, 0.15) is 0 Å².